The molecule has 0 fully saturated rings. The van der Waals surface area contributed by atoms with Gasteiger partial charge >= 0.3 is 11.9 Å². The Bertz CT molecular complexity index is 184. The van der Waals surface area contributed by atoms with Gasteiger partial charge in [0.1, 0.15) is 6.10 Å². The highest BCUT2D eigenvalue weighted by molar-refractivity contribution is 5.87. The number of aliphatic hydroxyl groups is 1. The van der Waals surface area contributed by atoms with Crippen LogP contribution in [0.2, 0.25) is 0 Å². The van der Waals surface area contributed by atoms with E-state index in [2.05, 4.69) is 4.74 Å². The predicted molar refractivity (Wildman–Crippen MR) is 46.9 cm³/mol. The zero-order valence-corrected chi connectivity index (χ0v) is 8.24. The van der Waals surface area contributed by atoms with E-state index in [1.807, 2.05) is 13.8 Å². The number of hydrogen-bond donors (Lipinski definition) is 1. The molecule has 1 unspecified atom stereocenters. The van der Waals surface area contributed by atoms with Gasteiger partial charge in [-0.3, -0.25) is 4.79 Å². The van der Waals surface area contributed by atoms with Crippen molar-refractivity contribution >= 4 is 11.9 Å². The van der Waals surface area contributed by atoms with Gasteiger partial charge in [0.05, 0.1) is 0 Å². The van der Waals surface area contributed by atoms with Crippen LogP contribution in [-0.2, 0) is 14.3 Å². The first kappa shape index (κ1) is 12.1. The molecular formula is C9H16O4. The van der Waals surface area contributed by atoms with Gasteiger partial charge in [0.15, 0.2) is 0 Å². The molecule has 0 saturated heterocycles. The second kappa shape index (κ2) is 5.70. The maximum Gasteiger partial charge on any atom is 0.342 e. The summed E-state index contributed by atoms with van der Waals surface area (Å²) in [6.07, 6.45) is -0.329. The summed E-state index contributed by atoms with van der Waals surface area (Å²) in [7, 11) is 0. The smallest absolute Gasteiger partial charge is 0.342 e. The zero-order chi connectivity index (χ0) is 10.4. The summed E-state index contributed by atoms with van der Waals surface area (Å²) in [4.78, 5) is 21.6. The highest BCUT2D eigenvalue weighted by Crippen LogP contribution is 2.04. The van der Waals surface area contributed by atoms with Crippen LogP contribution in [0.15, 0.2) is 0 Å². The van der Waals surface area contributed by atoms with Crippen molar-refractivity contribution in [1.82, 2.24) is 0 Å². The van der Waals surface area contributed by atoms with Gasteiger partial charge in [0.25, 0.3) is 0 Å². The summed E-state index contributed by atoms with van der Waals surface area (Å²) in [6.45, 7) is 5.21. The van der Waals surface area contributed by atoms with Gasteiger partial charge in [-0.25, -0.2) is 4.79 Å². The number of rotatable bonds is 4. The van der Waals surface area contributed by atoms with Crippen LogP contribution in [0.5, 0.6) is 0 Å². The minimum absolute atomic E-state index is 0.218. The number of ether oxygens (including phenoxy) is 1. The van der Waals surface area contributed by atoms with Crippen LogP contribution >= 0.6 is 0 Å². The van der Waals surface area contributed by atoms with Gasteiger partial charge < -0.3 is 9.84 Å². The topological polar surface area (TPSA) is 63.6 Å². The normalized spacial score (nSPS) is 12.7. The maximum absolute atomic E-state index is 10.9. The van der Waals surface area contributed by atoms with E-state index in [0.29, 0.717) is 12.3 Å². The summed E-state index contributed by atoms with van der Waals surface area (Å²) >= 11 is 0. The minimum atomic E-state index is -1.23. The SMILES string of the molecule is CC(C)CCC(=O)OC(=O)C(C)O. The molecule has 0 aromatic rings. The fourth-order valence-electron chi connectivity index (χ4n) is 0.655. The summed E-state index contributed by atoms with van der Waals surface area (Å²) < 4.78 is 4.33. The van der Waals surface area contributed by atoms with Gasteiger partial charge in [-0.1, -0.05) is 13.8 Å². The lowest BCUT2D eigenvalue weighted by Crippen LogP contribution is -2.22. The first-order valence-electron chi connectivity index (χ1n) is 4.36. The first-order chi connectivity index (χ1) is 5.93. The van der Waals surface area contributed by atoms with Crippen molar-refractivity contribution in [3.8, 4) is 0 Å². The molecule has 0 spiro atoms. The Hall–Kier alpha value is -0.900. The molecule has 0 heterocycles. The Morgan fingerprint density at radius 2 is 1.85 bits per heavy atom. The molecule has 4 heteroatoms. The molecule has 0 aliphatic heterocycles. The average molecular weight is 188 g/mol. The standard InChI is InChI=1S/C9H16O4/c1-6(2)4-5-8(11)13-9(12)7(3)10/h6-7,10H,4-5H2,1-3H3. The van der Waals surface area contributed by atoms with Gasteiger partial charge in [-0.05, 0) is 19.3 Å². The molecule has 0 aromatic heterocycles. The molecule has 4 nitrogen and oxygen atoms in total. The lowest BCUT2D eigenvalue weighted by molar-refractivity contribution is -0.165. The zero-order valence-electron chi connectivity index (χ0n) is 8.24. The largest absolute Gasteiger partial charge is 0.391 e. The van der Waals surface area contributed by atoms with Crippen LogP contribution in [0.1, 0.15) is 33.6 Å². The number of aliphatic hydroxyl groups excluding tert-OH is 1. The van der Waals surface area contributed by atoms with Crippen molar-refractivity contribution in [2.24, 2.45) is 5.92 Å². The maximum atomic E-state index is 10.9. The predicted octanol–water partition coefficient (Wildman–Crippen LogP) is 0.873. The molecular weight excluding hydrogens is 172 g/mol. The fraction of sp³-hybridized carbons (Fsp3) is 0.778. The highest BCUT2D eigenvalue weighted by Gasteiger charge is 2.15. The average Bonchev–Trinajstić information content (AvgIpc) is 2.00. The van der Waals surface area contributed by atoms with Gasteiger partial charge in [-0.2, -0.15) is 0 Å². The van der Waals surface area contributed by atoms with Crippen molar-refractivity contribution in [2.45, 2.75) is 39.7 Å². The van der Waals surface area contributed by atoms with E-state index >= 15 is 0 Å². The quantitative estimate of drug-likeness (QED) is 0.525. The van der Waals surface area contributed by atoms with Gasteiger partial charge in [0.2, 0.25) is 0 Å². The third-order valence-electron chi connectivity index (χ3n) is 1.48. The van der Waals surface area contributed by atoms with E-state index < -0.39 is 18.0 Å². The van der Waals surface area contributed by atoms with Crippen LogP contribution < -0.4 is 0 Å². The van der Waals surface area contributed by atoms with Crippen molar-refractivity contribution in [1.29, 1.82) is 0 Å². The molecule has 76 valence electrons. The van der Waals surface area contributed by atoms with Crippen molar-refractivity contribution in [3.05, 3.63) is 0 Å². The van der Waals surface area contributed by atoms with Crippen LogP contribution in [0.3, 0.4) is 0 Å². The number of hydrogen-bond acceptors (Lipinski definition) is 4. The molecule has 0 aliphatic rings. The van der Waals surface area contributed by atoms with Crippen LogP contribution in [0.25, 0.3) is 0 Å². The highest BCUT2D eigenvalue weighted by atomic mass is 16.6. The molecule has 0 bridgehead atoms. The van der Waals surface area contributed by atoms with Crippen molar-refractivity contribution in [3.63, 3.8) is 0 Å². The van der Waals surface area contributed by atoms with E-state index in [1.54, 1.807) is 0 Å². The minimum Gasteiger partial charge on any atom is -0.391 e. The molecule has 1 N–H and O–H groups in total. The summed E-state index contributed by atoms with van der Waals surface area (Å²) in [6, 6.07) is 0. The van der Waals surface area contributed by atoms with Crippen LogP contribution in [-0.4, -0.2) is 23.1 Å². The second-order valence-corrected chi connectivity index (χ2v) is 3.40. The Morgan fingerprint density at radius 1 is 1.31 bits per heavy atom. The van der Waals surface area contributed by atoms with E-state index in [1.165, 1.54) is 6.92 Å². The number of carbonyl (C=O) groups excluding carboxylic acids is 2. The molecule has 0 aromatic carbocycles. The fourth-order valence-corrected chi connectivity index (χ4v) is 0.655. The van der Waals surface area contributed by atoms with E-state index in [9.17, 15) is 9.59 Å². The molecule has 13 heavy (non-hydrogen) atoms. The molecule has 0 saturated carbocycles. The Labute approximate surface area is 77.9 Å². The molecule has 0 amide bonds. The van der Waals surface area contributed by atoms with Crippen molar-refractivity contribution in [2.75, 3.05) is 0 Å². The lowest BCUT2D eigenvalue weighted by atomic mass is 10.1. The van der Waals surface area contributed by atoms with Gasteiger partial charge in [0, 0.05) is 6.42 Å². The lowest BCUT2D eigenvalue weighted by Gasteiger charge is -2.05. The molecule has 0 aliphatic carbocycles. The molecule has 0 rings (SSSR count). The third kappa shape index (κ3) is 6.28. The molecule has 1 atom stereocenters. The Balaban J connectivity index is 3.69. The monoisotopic (exact) mass is 188 g/mol. The number of carbonyl (C=O) groups is 2. The molecule has 0 radical (unpaired) electrons. The van der Waals surface area contributed by atoms with Gasteiger partial charge in [-0.15, -0.1) is 0 Å². The van der Waals surface area contributed by atoms with Crippen molar-refractivity contribution < 1.29 is 19.4 Å². The first-order valence-corrected chi connectivity index (χ1v) is 4.36. The Morgan fingerprint density at radius 3 is 2.23 bits per heavy atom. The van der Waals surface area contributed by atoms with E-state index in [0.717, 1.165) is 0 Å². The summed E-state index contributed by atoms with van der Waals surface area (Å²) in [5.41, 5.74) is 0. The van der Waals surface area contributed by atoms with E-state index in [-0.39, 0.29) is 6.42 Å². The summed E-state index contributed by atoms with van der Waals surface area (Å²) in [5.74, 6) is -1.05. The Kier molecular flexibility index (Phi) is 5.30. The van der Waals surface area contributed by atoms with E-state index in [4.69, 9.17) is 5.11 Å². The summed E-state index contributed by atoms with van der Waals surface area (Å²) in [5, 5.41) is 8.72. The number of esters is 2. The second-order valence-electron chi connectivity index (χ2n) is 3.40. The third-order valence-corrected chi connectivity index (χ3v) is 1.48. The van der Waals surface area contributed by atoms with Crippen LogP contribution in [0, 0.1) is 5.92 Å². The van der Waals surface area contributed by atoms with Crippen LogP contribution in [0.4, 0.5) is 0 Å².